The smallest absolute Gasteiger partial charge is 0.485 e. The molecule has 1 aromatic carbocycles. The summed E-state index contributed by atoms with van der Waals surface area (Å²) < 4.78 is 69.4. The molecular weight excluding hydrogens is 399 g/mol. The number of nitrogens with zero attached hydrogens (tertiary/aromatic N) is 1. The van der Waals surface area contributed by atoms with Crippen LogP contribution in [0.3, 0.4) is 0 Å². The van der Waals surface area contributed by atoms with E-state index in [0.29, 0.717) is 5.56 Å². The number of hydrogen-bond donors (Lipinski definition) is 1. The number of hydrogen-bond acceptors (Lipinski definition) is 5. The van der Waals surface area contributed by atoms with Gasteiger partial charge in [-0.05, 0) is 45.0 Å². The number of benzene rings is 1. The molecule has 28 heavy (non-hydrogen) atoms. The van der Waals surface area contributed by atoms with Crippen LogP contribution in [-0.4, -0.2) is 35.3 Å². The summed E-state index contributed by atoms with van der Waals surface area (Å²) in [6.45, 7) is 4.69. The largest absolute Gasteiger partial charge is 0.501 e. The minimum Gasteiger partial charge on any atom is -0.485 e. The first kappa shape index (κ1) is 20.4. The van der Waals surface area contributed by atoms with E-state index in [2.05, 4.69) is 0 Å². The quantitative estimate of drug-likeness (QED) is 0.812. The highest BCUT2D eigenvalue weighted by Gasteiger charge is 2.49. The third-order valence-electron chi connectivity index (χ3n) is 4.76. The van der Waals surface area contributed by atoms with Crippen molar-refractivity contribution >= 4 is 9.84 Å². The van der Waals surface area contributed by atoms with Crippen molar-refractivity contribution in [2.75, 3.05) is 0 Å². The minimum absolute atomic E-state index is 0.0233. The van der Waals surface area contributed by atoms with E-state index in [1.54, 1.807) is 32.9 Å². The van der Waals surface area contributed by atoms with Crippen molar-refractivity contribution in [3.63, 3.8) is 0 Å². The molecule has 0 fully saturated rings. The van der Waals surface area contributed by atoms with E-state index < -0.39 is 43.5 Å². The van der Waals surface area contributed by atoms with Gasteiger partial charge in [-0.15, -0.1) is 0 Å². The lowest BCUT2D eigenvalue weighted by atomic mass is 9.86. The van der Waals surface area contributed by atoms with Crippen LogP contribution in [-0.2, 0) is 9.84 Å². The van der Waals surface area contributed by atoms with Crippen molar-refractivity contribution in [1.29, 1.82) is 0 Å². The van der Waals surface area contributed by atoms with E-state index in [1.807, 2.05) is 0 Å². The van der Waals surface area contributed by atoms with Crippen LogP contribution in [0.15, 0.2) is 46.2 Å². The molecule has 6 nitrogen and oxygen atoms in total. The maximum Gasteiger partial charge on any atom is 0.501 e. The van der Waals surface area contributed by atoms with Crippen molar-refractivity contribution in [3.05, 3.63) is 58.0 Å². The van der Waals surface area contributed by atoms with Crippen molar-refractivity contribution in [2.45, 2.75) is 48.9 Å². The van der Waals surface area contributed by atoms with Gasteiger partial charge >= 0.3 is 5.51 Å². The molecule has 1 aromatic heterocycles. The highest BCUT2D eigenvalue weighted by Crippen LogP contribution is 2.43. The van der Waals surface area contributed by atoms with Gasteiger partial charge in [-0.1, -0.05) is 6.07 Å². The zero-order chi connectivity index (χ0) is 21.1. The standard InChI is InChI=1S/C18H18F3NO5S/c1-10-5-4-8-22(16(10)24)14-12-9-11(28(25,26)18(19,20)21)6-7-13(12)27-17(2,3)15(14)23/h4-9,14-15,23H,1-3H3. The van der Waals surface area contributed by atoms with E-state index in [1.165, 1.54) is 10.8 Å². The summed E-state index contributed by atoms with van der Waals surface area (Å²) in [5.41, 5.74) is -6.78. The third-order valence-corrected chi connectivity index (χ3v) is 6.25. The lowest BCUT2D eigenvalue weighted by Gasteiger charge is -2.42. The summed E-state index contributed by atoms with van der Waals surface area (Å²) in [5, 5.41) is 10.8. The van der Waals surface area contributed by atoms with Crippen LogP contribution in [0.5, 0.6) is 5.75 Å². The van der Waals surface area contributed by atoms with Crippen LogP contribution in [0.2, 0.25) is 0 Å². The predicted molar refractivity (Wildman–Crippen MR) is 94.0 cm³/mol. The first-order valence-electron chi connectivity index (χ1n) is 8.27. The maximum atomic E-state index is 13.0. The fourth-order valence-corrected chi connectivity index (χ4v) is 3.99. The predicted octanol–water partition coefficient (Wildman–Crippen LogP) is 2.57. The second-order valence-electron chi connectivity index (χ2n) is 7.15. The molecule has 0 aliphatic carbocycles. The number of sulfone groups is 1. The number of pyridine rings is 1. The summed E-state index contributed by atoms with van der Waals surface area (Å²) in [7, 11) is -5.60. The van der Waals surface area contributed by atoms with Gasteiger partial charge in [0.2, 0.25) is 0 Å². The van der Waals surface area contributed by atoms with E-state index in [4.69, 9.17) is 4.74 Å². The Morgan fingerprint density at radius 2 is 1.86 bits per heavy atom. The number of ether oxygens (including phenoxy) is 1. The zero-order valence-electron chi connectivity index (χ0n) is 15.2. The van der Waals surface area contributed by atoms with Gasteiger partial charge in [-0.25, -0.2) is 8.42 Å². The van der Waals surface area contributed by atoms with Gasteiger partial charge < -0.3 is 14.4 Å². The number of halogens is 3. The van der Waals surface area contributed by atoms with Crippen LogP contribution in [0.4, 0.5) is 13.2 Å². The summed E-state index contributed by atoms with van der Waals surface area (Å²) in [6.07, 6.45) is 0.0580. The average Bonchev–Trinajstić information content (AvgIpc) is 2.57. The number of aliphatic hydroxyl groups is 1. The maximum absolute atomic E-state index is 13.0. The van der Waals surface area contributed by atoms with Crippen molar-refractivity contribution in [3.8, 4) is 5.75 Å². The van der Waals surface area contributed by atoms with Gasteiger partial charge in [-0.3, -0.25) is 4.79 Å². The Kier molecular flexibility index (Phi) is 4.62. The zero-order valence-corrected chi connectivity index (χ0v) is 16.0. The molecule has 2 aromatic rings. The van der Waals surface area contributed by atoms with Gasteiger partial charge in [-0.2, -0.15) is 13.2 Å². The Hall–Kier alpha value is -2.33. The molecular formula is C18H18F3NO5S. The molecule has 3 rings (SSSR count). The van der Waals surface area contributed by atoms with Gasteiger partial charge in [0, 0.05) is 17.3 Å². The number of aromatic nitrogens is 1. The lowest BCUT2D eigenvalue weighted by Crippen LogP contribution is -2.52. The first-order valence-corrected chi connectivity index (χ1v) is 9.76. The molecule has 152 valence electrons. The van der Waals surface area contributed by atoms with Crippen LogP contribution in [0.25, 0.3) is 0 Å². The molecule has 0 amide bonds. The van der Waals surface area contributed by atoms with Crippen molar-refractivity contribution in [2.24, 2.45) is 0 Å². The van der Waals surface area contributed by atoms with Crippen molar-refractivity contribution in [1.82, 2.24) is 4.57 Å². The molecule has 2 heterocycles. The molecule has 0 saturated heterocycles. The lowest BCUT2D eigenvalue weighted by molar-refractivity contribution is -0.0644. The first-order chi connectivity index (χ1) is 12.8. The molecule has 0 saturated carbocycles. The minimum atomic E-state index is -5.60. The SMILES string of the molecule is Cc1cccn(C2c3cc(S(=O)(=O)C(F)(F)F)ccc3OC(C)(C)C2O)c1=O. The Bertz CT molecular complexity index is 1090. The Balaban J connectivity index is 2.29. The number of rotatable bonds is 2. The Morgan fingerprint density at radius 3 is 2.46 bits per heavy atom. The monoisotopic (exact) mass is 417 g/mol. The number of aryl methyl sites for hydroxylation is 1. The van der Waals surface area contributed by atoms with Crippen LogP contribution in [0.1, 0.15) is 31.0 Å². The second-order valence-corrected chi connectivity index (χ2v) is 9.09. The summed E-state index contributed by atoms with van der Waals surface area (Å²) in [4.78, 5) is 11.6. The molecule has 0 spiro atoms. The van der Waals surface area contributed by atoms with E-state index in [9.17, 15) is 31.5 Å². The molecule has 2 atom stereocenters. The molecule has 1 aliphatic heterocycles. The van der Waals surface area contributed by atoms with Gasteiger partial charge in [0.1, 0.15) is 17.5 Å². The molecule has 1 N–H and O–H groups in total. The summed E-state index contributed by atoms with van der Waals surface area (Å²) >= 11 is 0. The molecule has 2 unspecified atom stereocenters. The Labute approximate surface area is 159 Å². The molecule has 1 aliphatic rings. The fourth-order valence-electron chi connectivity index (χ4n) is 3.19. The van der Waals surface area contributed by atoms with Gasteiger partial charge in [0.15, 0.2) is 0 Å². The van der Waals surface area contributed by atoms with Crippen LogP contribution in [0, 0.1) is 6.92 Å². The summed E-state index contributed by atoms with van der Waals surface area (Å²) in [6, 6.07) is 4.69. The topological polar surface area (TPSA) is 85.6 Å². The molecule has 10 heteroatoms. The number of fused-ring (bicyclic) bond motifs is 1. The van der Waals surface area contributed by atoms with Gasteiger partial charge in [0.05, 0.1) is 10.9 Å². The third kappa shape index (κ3) is 3.10. The van der Waals surface area contributed by atoms with E-state index in [-0.39, 0.29) is 11.3 Å². The number of aliphatic hydroxyl groups excluding tert-OH is 1. The van der Waals surface area contributed by atoms with Crippen LogP contribution >= 0.6 is 0 Å². The van der Waals surface area contributed by atoms with Gasteiger partial charge in [0.25, 0.3) is 15.4 Å². The fraction of sp³-hybridized carbons (Fsp3) is 0.389. The average molecular weight is 417 g/mol. The highest BCUT2D eigenvalue weighted by atomic mass is 32.2. The van der Waals surface area contributed by atoms with E-state index in [0.717, 1.165) is 18.2 Å². The summed E-state index contributed by atoms with van der Waals surface area (Å²) in [5.74, 6) is 0.0924. The van der Waals surface area contributed by atoms with Crippen molar-refractivity contribution < 1.29 is 31.4 Å². The van der Waals surface area contributed by atoms with Crippen LogP contribution < -0.4 is 10.3 Å². The second kappa shape index (κ2) is 6.35. The Morgan fingerprint density at radius 1 is 1.21 bits per heavy atom. The van der Waals surface area contributed by atoms with E-state index >= 15 is 0 Å². The normalized spacial score (nSPS) is 21.7. The molecule has 0 radical (unpaired) electrons. The molecule has 0 bridgehead atoms. The highest BCUT2D eigenvalue weighted by molar-refractivity contribution is 7.92. The number of alkyl halides is 3.